The van der Waals surface area contributed by atoms with Crippen molar-refractivity contribution in [2.75, 3.05) is 58.9 Å². The third-order valence-corrected chi connectivity index (χ3v) is 17.1. The number of nitrogens with zero attached hydrogens (tertiary/aromatic N) is 5. The van der Waals surface area contributed by atoms with Gasteiger partial charge >= 0.3 is 0 Å². The molecule has 0 bridgehead atoms. The third-order valence-electron chi connectivity index (χ3n) is 17.1. The fraction of sp³-hybridized carbons (Fsp3) is 1.00. The zero-order valence-electron chi connectivity index (χ0n) is 60.1. The van der Waals surface area contributed by atoms with E-state index in [0.29, 0.717) is 54.8 Å². The Bertz CT molecular complexity index is 1260. The Kier molecular flexibility index (Phi) is 37.2. The molecule has 3 unspecified atom stereocenters. The normalized spacial score (nSPS) is 22.7. The van der Waals surface area contributed by atoms with E-state index in [0.717, 1.165) is 29.7 Å². The molecular formula is C70H153N5. The Balaban J connectivity index is -0.000000406. The first-order chi connectivity index (χ1) is 33.6. The molecule has 5 heterocycles. The van der Waals surface area contributed by atoms with Crippen molar-refractivity contribution >= 4 is 0 Å². The molecule has 5 saturated heterocycles. The highest BCUT2D eigenvalue weighted by molar-refractivity contribution is 4.95. The van der Waals surface area contributed by atoms with E-state index in [2.05, 4.69) is 232 Å². The smallest absolute Gasteiger partial charge is 0.0149 e. The Morgan fingerprint density at radius 2 is 0.493 bits per heavy atom. The van der Waals surface area contributed by atoms with Crippen LogP contribution in [0.4, 0.5) is 0 Å². The van der Waals surface area contributed by atoms with Gasteiger partial charge in [0.25, 0.3) is 0 Å². The van der Waals surface area contributed by atoms with Crippen LogP contribution in [0.15, 0.2) is 0 Å². The maximum Gasteiger partial charge on any atom is 0.0149 e. The van der Waals surface area contributed by atoms with Crippen LogP contribution in [0.1, 0.15) is 314 Å². The summed E-state index contributed by atoms with van der Waals surface area (Å²) >= 11 is 0. The summed E-state index contributed by atoms with van der Waals surface area (Å²) in [5.41, 5.74) is 4.22. The third kappa shape index (κ3) is 32.7. The summed E-state index contributed by atoms with van der Waals surface area (Å²) in [4.78, 5) is 13.1. The maximum atomic E-state index is 2.67. The predicted molar refractivity (Wildman–Crippen MR) is 349 cm³/mol. The summed E-state index contributed by atoms with van der Waals surface area (Å²) in [6.07, 6.45) is 11.0. The van der Waals surface area contributed by atoms with Crippen LogP contribution < -0.4 is 0 Å². The van der Waals surface area contributed by atoms with Crippen molar-refractivity contribution in [3.8, 4) is 0 Å². The van der Waals surface area contributed by atoms with E-state index in [1.165, 1.54) is 110 Å². The molecule has 0 aromatic heterocycles. The van der Waals surface area contributed by atoms with Gasteiger partial charge in [-0.05, 0) is 245 Å². The van der Waals surface area contributed by atoms with Gasteiger partial charge in [0.05, 0.1) is 0 Å². The SMILES string of the molecule is CC.CC.CC.CC.CC(C)(C)C1CCCN(C(C)(C)C)CC1.CC(C)(C)C1CCCN1C(C)(C)C.CC(C)(C)C1CCN(C(C)(C)C)C1.CC(C)(C)C1CCN(C(C)(C)C)CC1.CC(C)(C)C1CN(C(C)(C)C)C1. The summed E-state index contributed by atoms with van der Waals surface area (Å²) < 4.78 is 0. The molecule has 0 aromatic rings. The van der Waals surface area contributed by atoms with Crippen molar-refractivity contribution in [3.63, 3.8) is 0 Å². The Hall–Kier alpha value is -0.200. The highest BCUT2D eigenvalue weighted by Gasteiger charge is 2.41. The molecule has 75 heavy (non-hydrogen) atoms. The van der Waals surface area contributed by atoms with Crippen LogP contribution in [0.3, 0.4) is 0 Å². The largest absolute Gasteiger partial charge is 0.298 e. The van der Waals surface area contributed by atoms with Crippen molar-refractivity contribution in [1.82, 2.24) is 24.5 Å². The Morgan fingerprint density at radius 3 is 0.747 bits per heavy atom. The maximum absolute atomic E-state index is 2.67. The second kappa shape index (κ2) is 34.3. The first kappa shape index (κ1) is 81.3. The van der Waals surface area contributed by atoms with Gasteiger partial charge in [0.1, 0.15) is 0 Å². The van der Waals surface area contributed by atoms with Crippen molar-refractivity contribution in [2.45, 2.75) is 348 Å². The second-order valence-electron chi connectivity index (χ2n) is 32.9. The number of hydrogen-bond acceptors (Lipinski definition) is 5. The molecule has 5 heteroatoms. The number of rotatable bonds is 0. The van der Waals surface area contributed by atoms with Gasteiger partial charge < -0.3 is 0 Å². The molecule has 5 aliphatic heterocycles. The molecule has 5 rings (SSSR count). The first-order valence-corrected chi connectivity index (χ1v) is 32.3. The van der Waals surface area contributed by atoms with Crippen LogP contribution in [-0.4, -0.2) is 117 Å². The summed E-state index contributed by atoms with van der Waals surface area (Å²) in [5, 5.41) is 0. The second-order valence-corrected chi connectivity index (χ2v) is 32.9. The van der Waals surface area contributed by atoms with Gasteiger partial charge in [0.2, 0.25) is 0 Å². The Labute approximate surface area is 480 Å². The number of hydrogen-bond donors (Lipinski definition) is 0. The minimum Gasteiger partial charge on any atom is -0.298 e. The van der Waals surface area contributed by atoms with Crippen molar-refractivity contribution in [1.29, 1.82) is 0 Å². The van der Waals surface area contributed by atoms with Crippen molar-refractivity contribution in [3.05, 3.63) is 0 Å². The average molecular weight is 1070 g/mol. The summed E-state index contributed by atoms with van der Waals surface area (Å²) in [7, 11) is 0. The highest BCUT2D eigenvalue weighted by atomic mass is 15.3. The first-order valence-electron chi connectivity index (χ1n) is 32.3. The van der Waals surface area contributed by atoms with Crippen LogP contribution >= 0.6 is 0 Å². The van der Waals surface area contributed by atoms with Gasteiger partial charge in [-0.3, -0.25) is 24.5 Å². The standard InChI is InChI=1S/C14H29N.C13H27N.2C12H25N.C11H23N.4C2H6/c1-13(2,3)12-8-7-10-15(11-9-12)14(4,5)6;1-12(2,3)11-7-9-14(10-8-11)13(4,5)6;1-11(2,3)10-7-8-13(9-10)12(4,5)6;1-11(2,3)10-8-7-9-13(10)12(4,5)6;1-10(2,3)9-7-12(8-9)11(4,5)6;4*1-2/h12H,7-11H2,1-6H3;11H,7-10H2,1-6H3;2*10H,7-9H2,1-6H3;9H,7-8H2,1-6H3;4*1-2H3. The highest BCUT2D eigenvalue weighted by Crippen LogP contribution is 2.40. The lowest BCUT2D eigenvalue weighted by molar-refractivity contribution is -0.0345. The van der Waals surface area contributed by atoms with Gasteiger partial charge in [-0.2, -0.15) is 0 Å². The zero-order chi connectivity index (χ0) is 60.8. The molecule has 0 N–H and O–H groups in total. The molecule has 0 spiro atoms. The number of piperidine rings is 1. The molecule has 0 aliphatic carbocycles. The van der Waals surface area contributed by atoms with Gasteiger partial charge in [0, 0.05) is 53.4 Å². The molecule has 5 fully saturated rings. The van der Waals surface area contributed by atoms with Crippen molar-refractivity contribution in [2.24, 2.45) is 50.7 Å². The summed E-state index contributed by atoms with van der Waals surface area (Å²) in [5.74, 6) is 3.61. The zero-order valence-corrected chi connectivity index (χ0v) is 60.1. The molecule has 5 nitrogen and oxygen atoms in total. The molecular weight excluding hydrogens is 911 g/mol. The van der Waals surface area contributed by atoms with E-state index in [9.17, 15) is 0 Å². The lowest BCUT2D eigenvalue weighted by Gasteiger charge is -2.52. The van der Waals surface area contributed by atoms with Gasteiger partial charge in [-0.25, -0.2) is 0 Å². The Morgan fingerprint density at radius 1 is 0.227 bits per heavy atom. The number of likely N-dealkylation sites (tertiary alicyclic amines) is 5. The van der Waals surface area contributed by atoms with E-state index in [4.69, 9.17) is 0 Å². The topological polar surface area (TPSA) is 16.2 Å². The van der Waals surface area contributed by atoms with Crippen LogP contribution in [-0.2, 0) is 0 Å². The predicted octanol–water partition coefficient (Wildman–Crippen LogP) is 20.8. The van der Waals surface area contributed by atoms with E-state index in [-0.39, 0.29) is 0 Å². The monoisotopic (exact) mass is 1060 g/mol. The van der Waals surface area contributed by atoms with E-state index in [1.807, 2.05) is 55.4 Å². The van der Waals surface area contributed by atoms with E-state index in [1.54, 1.807) is 0 Å². The van der Waals surface area contributed by atoms with Crippen LogP contribution in [0.25, 0.3) is 0 Å². The van der Waals surface area contributed by atoms with Crippen LogP contribution in [0.2, 0.25) is 0 Å². The lowest BCUT2D eigenvalue weighted by Crippen LogP contribution is -2.59. The summed E-state index contributed by atoms with van der Waals surface area (Å²) in [6, 6.07) is 0.771. The minimum absolute atomic E-state index is 0.342. The molecule has 0 aromatic carbocycles. The van der Waals surface area contributed by atoms with Crippen molar-refractivity contribution < 1.29 is 0 Å². The van der Waals surface area contributed by atoms with Gasteiger partial charge in [0.15, 0.2) is 0 Å². The summed E-state index contributed by atoms with van der Waals surface area (Å²) in [6.45, 7) is 97.9. The van der Waals surface area contributed by atoms with E-state index >= 15 is 0 Å². The molecule has 458 valence electrons. The molecule has 0 saturated carbocycles. The average Bonchev–Trinajstić information content (AvgIpc) is 3.89. The van der Waals surface area contributed by atoms with E-state index < -0.39 is 0 Å². The fourth-order valence-corrected chi connectivity index (χ4v) is 11.2. The molecule has 3 atom stereocenters. The van der Waals surface area contributed by atoms with Gasteiger partial charge in [-0.15, -0.1) is 0 Å². The van der Waals surface area contributed by atoms with Crippen LogP contribution in [0.5, 0.6) is 0 Å². The fourth-order valence-electron chi connectivity index (χ4n) is 11.2. The molecule has 5 aliphatic rings. The lowest BCUT2D eigenvalue weighted by atomic mass is 9.74. The quantitative estimate of drug-likeness (QED) is 0.240. The van der Waals surface area contributed by atoms with Crippen LogP contribution in [0, 0.1) is 50.7 Å². The molecule has 0 radical (unpaired) electrons. The molecule has 0 amide bonds. The minimum atomic E-state index is 0.342. The van der Waals surface area contributed by atoms with Gasteiger partial charge in [-0.1, -0.05) is 159 Å².